The van der Waals surface area contributed by atoms with E-state index in [1.54, 1.807) is 0 Å². The van der Waals surface area contributed by atoms with Crippen molar-refractivity contribution in [2.75, 3.05) is 66.0 Å². The Morgan fingerprint density at radius 2 is 1.85 bits per heavy atom. The van der Waals surface area contributed by atoms with Crippen LogP contribution in [0, 0.1) is 11.8 Å². The van der Waals surface area contributed by atoms with E-state index in [1.807, 2.05) is 0 Å². The number of benzene rings is 2. The molecule has 3 saturated heterocycles. The second kappa shape index (κ2) is 11.2. The Bertz CT molecular complexity index is 952. The molecule has 0 spiro atoms. The highest BCUT2D eigenvalue weighted by Crippen LogP contribution is 2.26. The van der Waals surface area contributed by atoms with Gasteiger partial charge in [-0.1, -0.05) is 36.4 Å². The fourth-order valence-corrected chi connectivity index (χ4v) is 5.91. The third-order valence-corrected chi connectivity index (χ3v) is 7.84. The summed E-state index contributed by atoms with van der Waals surface area (Å²) in [5.41, 5.74) is 1.33. The Labute approximate surface area is 204 Å². The molecule has 34 heavy (non-hydrogen) atoms. The summed E-state index contributed by atoms with van der Waals surface area (Å²) < 4.78 is 5.72. The zero-order valence-electron chi connectivity index (χ0n) is 20.6. The van der Waals surface area contributed by atoms with E-state index in [-0.39, 0.29) is 17.9 Å². The summed E-state index contributed by atoms with van der Waals surface area (Å²) in [6.45, 7) is 9.92. The smallest absolute Gasteiger partial charge is 0.224 e. The first-order chi connectivity index (χ1) is 16.6. The lowest BCUT2D eigenvalue weighted by Gasteiger charge is -2.41. The van der Waals surface area contributed by atoms with E-state index in [2.05, 4.69) is 69.5 Å². The molecule has 1 amide bonds. The van der Waals surface area contributed by atoms with Gasteiger partial charge in [0.15, 0.2) is 0 Å². The van der Waals surface area contributed by atoms with Gasteiger partial charge in [-0.2, -0.15) is 0 Å². The average Bonchev–Trinajstić information content (AvgIpc) is 3.37. The minimum atomic E-state index is 0.0491. The van der Waals surface area contributed by atoms with Crippen molar-refractivity contribution < 1.29 is 9.53 Å². The molecule has 6 nitrogen and oxygen atoms in total. The molecule has 3 aliphatic rings. The molecule has 0 aromatic heterocycles. The predicted molar refractivity (Wildman–Crippen MR) is 137 cm³/mol. The number of amides is 1. The first-order valence-electron chi connectivity index (χ1n) is 13.1. The summed E-state index contributed by atoms with van der Waals surface area (Å²) in [6.07, 6.45) is 3.35. The van der Waals surface area contributed by atoms with Crippen LogP contribution in [0.5, 0.6) is 0 Å². The van der Waals surface area contributed by atoms with Crippen LogP contribution < -0.4 is 5.32 Å². The van der Waals surface area contributed by atoms with Gasteiger partial charge in [0.25, 0.3) is 0 Å². The average molecular weight is 465 g/mol. The summed E-state index contributed by atoms with van der Waals surface area (Å²) in [6, 6.07) is 15.3. The van der Waals surface area contributed by atoms with Crippen molar-refractivity contribution in [3.05, 3.63) is 48.0 Å². The van der Waals surface area contributed by atoms with Crippen LogP contribution >= 0.6 is 0 Å². The molecule has 0 aliphatic carbocycles. The van der Waals surface area contributed by atoms with Crippen LogP contribution in [0.4, 0.5) is 0 Å². The molecule has 5 rings (SSSR count). The van der Waals surface area contributed by atoms with Crippen molar-refractivity contribution in [1.29, 1.82) is 0 Å². The van der Waals surface area contributed by atoms with E-state index in [9.17, 15) is 4.79 Å². The van der Waals surface area contributed by atoms with Crippen LogP contribution in [0.15, 0.2) is 42.5 Å². The number of hydrogen-bond donors (Lipinski definition) is 1. The zero-order valence-corrected chi connectivity index (χ0v) is 20.6. The minimum Gasteiger partial charge on any atom is -0.376 e. The number of ether oxygens (including phenoxy) is 1. The lowest BCUT2D eigenvalue weighted by atomic mass is 9.87. The largest absolute Gasteiger partial charge is 0.376 e. The summed E-state index contributed by atoms with van der Waals surface area (Å²) in [5, 5.41) is 5.79. The zero-order chi connectivity index (χ0) is 23.3. The number of piperazine rings is 1. The van der Waals surface area contributed by atoms with Gasteiger partial charge in [0.2, 0.25) is 5.91 Å². The molecule has 0 bridgehead atoms. The van der Waals surface area contributed by atoms with E-state index in [0.29, 0.717) is 12.5 Å². The van der Waals surface area contributed by atoms with Crippen LogP contribution in [0.2, 0.25) is 0 Å². The van der Waals surface area contributed by atoms with Crippen molar-refractivity contribution in [3.8, 4) is 0 Å². The second-order valence-corrected chi connectivity index (χ2v) is 10.7. The van der Waals surface area contributed by atoms with Crippen molar-refractivity contribution in [1.82, 2.24) is 20.0 Å². The van der Waals surface area contributed by atoms with Crippen molar-refractivity contribution >= 4 is 16.7 Å². The van der Waals surface area contributed by atoms with E-state index in [1.165, 1.54) is 16.3 Å². The number of carbonyl (C=O) groups excluding carboxylic acids is 1. The summed E-state index contributed by atoms with van der Waals surface area (Å²) in [4.78, 5) is 20.7. The van der Waals surface area contributed by atoms with Gasteiger partial charge in [0.05, 0.1) is 12.0 Å². The highest BCUT2D eigenvalue weighted by atomic mass is 16.5. The number of nitrogens with zero attached hydrogens (tertiary/aromatic N) is 3. The topological polar surface area (TPSA) is 48.1 Å². The Hall–Kier alpha value is -1.99. The number of piperidine rings is 1. The van der Waals surface area contributed by atoms with Gasteiger partial charge in [-0.15, -0.1) is 0 Å². The number of fused-ring (bicyclic) bond motifs is 1. The molecule has 6 heteroatoms. The molecule has 2 aromatic rings. The molecule has 3 atom stereocenters. The van der Waals surface area contributed by atoms with Gasteiger partial charge in [-0.05, 0) is 54.6 Å². The molecular weight excluding hydrogens is 424 g/mol. The van der Waals surface area contributed by atoms with Gasteiger partial charge in [-0.3, -0.25) is 9.69 Å². The van der Waals surface area contributed by atoms with Crippen LogP contribution in [-0.4, -0.2) is 92.7 Å². The van der Waals surface area contributed by atoms with Gasteiger partial charge in [-0.25, -0.2) is 0 Å². The number of rotatable bonds is 7. The predicted octanol–water partition coefficient (Wildman–Crippen LogP) is 2.82. The molecule has 0 radical (unpaired) electrons. The fourth-order valence-electron chi connectivity index (χ4n) is 5.91. The molecule has 3 heterocycles. The molecular formula is C28H40N4O2. The third-order valence-electron chi connectivity index (χ3n) is 7.84. The molecule has 0 saturated carbocycles. The van der Waals surface area contributed by atoms with Crippen LogP contribution in [0.25, 0.3) is 10.8 Å². The van der Waals surface area contributed by atoms with E-state index >= 15 is 0 Å². The van der Waals surface area contributed by atoms with E-state index < -0.39 is 0 Å². The van der Waals surface area contributed by atoms with E-state index in [0.717, 1.165) is 78.2 Å². The number of likely N-dealkylation sites (tertiary alicyclic amines) is 1. The molecule has 2 aromatic carbocycles. The number of likely N-dealkylation sites (N-methyl/N-ethyl adjacent to an activating group) is 1. The monoisotopic (exact) mass is 464 g/mol. The van der Waals surface area contributed by atoms with E-state index in [4.69, 9.17) is 4.74 Å². The SMILES string of the molecule is CN1CCN(C[C@H]2C[C@@H](C(=O)NC[C@@H]3CCCO3)CN(Cc3ccc4ccccc4c3)C2)CC1. The maximum Gasteiger partial charge on any atom is 0.224 e. The fraction of sp³-hybridized carbons (Fsp3) is 0.607. The maximum absolute atomic E-state index is 13.2. The number of carbonyl (C=O) groups is 1. The first kappa shape index (κ1) is 23.7. The Balaban J connectivity index is 1.25. The normalized spacial score (nSPS) is 27.3. The van der Waals surface area contributed by atoms with Crippen LogP contribution in [0.3, 0.4) is 0 Å². The molecule has 0 unspecified atom stereocenters. The second-order valence-electron chi connectivity index (χ2n) is 10.7. The van der Waals surface area contributed by atoms with Crippen LogP contribution in [0.1, 0.15) is 24.8 Å². The quantitative estimate of drug-likeness (QED) is 0.683. The summed E-state index contributed by atoms with van der Waals surface area (Å²) >= 11 is 0. The summed E-state index contributed by atoms with van der Waals surface area (Å²) in [7, 11) is 2.21. The van der Waals surface area contributed by atoms with Gasteiger partial charge < -0.3 is 19.9 Å². The van der Waals surface area contributed by atoms with Gasteiger partial charge in [0, 0.05) is 65.5 Å². The highest BCUT2D eigenvalue weighted by molar-refractivity contribution is 5.83. The Kier molecular flexibility index (Phi) is 7.80. The summed E-state index contributed by atoms with van der Waals surface area (Å²) in [5.74, 6) is 0.784. The minimum absolute atomic E-state index is 0.0491. The van der Waals surface area contributed by atoms with Crippen molar-refractivity contribution in [2.45, 2.75) is 31.9 Å². The standard InChI is InChI=1S/C28H40N4O2/c1-30-10-12-31(13-11-30)19-23-16-26(28(33)29-17-27-7-4-14-34-27)21-32(20-23)18-22-8-9-24-5-2-3-6-25(24)15-22/h2-3,5-6,8-9,15,23,26-27H,4,7,10-14,16-21H2,1H3,(H,29,33)/t23-,26-,27+/m1/s1. The number of hydrogen-bond acceptors (Lipinski definition) is 5. The molecule has 3 fully saturated rings. The lowest BCUT2D eigenvalue weighted by Crippen LogP contribution is -2.51. The van der Waals surface area contributed by atoms with Gasteiger partial charge in [0.1, 0.15) is 0 Å². The van der Waals surface area contributed by atoms with Crippen molar-refractivity contribution in [2.24, 2.45) is 11.8 Å². The molecule has 3 aliphatic heterocycles. The Morgan fingerprint density at radius 3 is 2.65 bits per heavy atom. The Morgan fingerprint density at radius 1 is 1.03 bits per heavy atom. The maximum atomic E-state index is 13.2. The molecule has 1 N–H and O–H groups in total. The van der Waals surface area contributed by atoms with Crippen LogP contribution in [-0.2, 0) is 16.1 Å². The third kappa shape index (κ3) is 6.16. The molecule has 184 valence electrons. The van der Waals surface area contributed by atoms with Gasteiger partial charge >= 0.3 is 0 Å². The highest BCUT2D eigenvalue weighted by Gasteiger charge is 2.33. The number of nitrogens with one attached hydrogen (secondary N) is 1. The first-order valence-corrected chi connectivity index (χ1v) is 13.1. The lowest BCUT2D eigenvalue weighted by molar-refractivity contribution is -0.128. The van der Waals surface area contributed by atoms with Crippen molar-refractivity contribution in [3.63, 3.8) is 0 Å².